The van der Waals surface area contributed by atoms with E-state index >= 15 is 0 Å². The smallest absolute Gasteiger partial charge is 0.231 e. The van der Waals surface area contributed by atoms with Crippen LogP contribution in [0, 0.1) is 5.41 Å². The molecule has 2 aliphatic heterocycles. The highest BCUT2D eigenvalue weighted by Crippen LogP contribution is 2.37. The largest absolute Gasteiger partial charge is 0.490 e. The van der Waals surface area contributed by atoms with Crippen LogP contribution in [-0.2, 0) is 22.5 Å². The lowest BCUT2D eigenvalue weighted by Crippen LogP contribution is -2.52. The van der Waals surface area contributed by atoms with Crippen LogP contribution in [0.15, 0.2) is 12.1 Å². The van der Waals surface area contributed by atoms with Gasteiger partial charge in [-0.25, -0.2) is 0 Å². The molecule has 150 valence electrons. The predicted octanol–water partition coefficient (Wildman–Crippen LogP) is 2.38. The minimum atomic E-state index is -0.397. The quantitative estimate of drug-likeness (QED) is 0.792. The number of ether oxygens (including phenoxy) is 3. The van der Waals surface area contributed by atoms with Crippen LogP contribution in [0.2, 0.25) is 0 Å². The molecule has 1 amide bonds. The number of carbonyl (C=O) groups excluding carboxylic acids is 1. The Morgan fingerprint density at radius 1 is 1.11 bits per heavy atom. The van der Waals surface area contributed by atoms with Crippen LogP contribution in [-0.4, -0.2) is 57.4 Å². The first-order valence-corrected chi connectivity index (χ1v) is 10.0. The third kappa shape index (κ3) is 4.22. The Hall–Kier alpha value is -1.79. The maximum Gasteiger partial charge on any atom is 0.231 e. The second-order valence-corrected chi connectivity index (χ2v) is 7.37. The topological polar surface area (TPSA) is 60.0 Å². The van der Waals surface area contributed by atoms with Crippen molar-refractivity contribution in [2.45, 2.75) is 39.7 Å². The van der Waals surface area contributed by atoms with Crippen molar-refractivity contribution in [1.82, 2.24) is 10.2 Å². The fourth-order valence-corrected chi connectivity index (χ4v) is 4.21. The second kappa shape index (κ2) is 8.93. The maximum atomic E-state index is 13.4. The van der Waals surface area contributed by atoms with Gasteiger partial charge in [-0.1, -0.05) is 0 Å². The zero-order valence-corrected chi connectivity index (χ0v) is 16.8. The molecule has 3 rings (SSSR count). The molecule has 1 aromatic carbocycles. The Labute approximate surface area is 162 Å². The van der Waals surface area contributed by atoms with Crippen LogP contribution >= 0.6 is 0 Å². The monoisotopic (exact) mass is 376 g/mol. The Bertz CT molecular complexity index is 650. The summed E-state index contributed by atoms with van der Waals surface area (Å²) in [6.07, 6.45) is 2.50. The molecule has 1 saturated heterocycles. The van der Waals surface area contributed by atoms with Crippen molar-refractivity contribution in [2.24, 2.45) is 5.41 Å². The van der Waals surface area contributed by atoms with Gasteiger partial charge in [-0.15, -0.1) is 0 Å². The molecule has 0 aliphatic carbocycles. The van der Waals surface area contributed by atoms with Gasteiger partial charge in [0.15, 0.2) is 11.5 Å². The summed E-state index contributed by atoms with van der Waals surface area (Å²) in [5.74, 6) is 1.79. The first kappa shape index (κ1) is 20.0. The van der Waals surface area contributed by atoms with Crippen LogP contribution in [0.1, 0.15) is 37.8 Å². The number of methoxy groups -OCH3 is 1. The van der Waals surface area contributed by atoms with E-state index in [-0.39, 0.29) is 5.91 Å². The third-order valence-corrected chi connectivity index (χ3v) is 5.60. The zero-order valence-electron chi connectivity index (χ0n) is 16.8. The van der Waals surface area contributed by atoms with Gasteiger partial charge in [0, 0.05) is 20.2 Å². The van der Waals surface area contributed by atoms with Gasteiger partial charge in [0.05, 0.1) is 25.2 Å². The second-order valence-electron chi connectivity index (χ2n) is 7.37. The molecule has 6 heteroatoms. The first-order valence-electron chi connectivity index (χ1n) is 10.0. The van der Waals surface area contributed by atoms with Crippen LogP contribution in [0.25, 0.3) is 0 Å². The number of benzene rings is 1. The highest BCUT2D eigenvalue weighted by molar-refractivity contribution is 5.83. The van der Waals surface area contributed by atoms with Crippen molar-refractivity contribution in [3.05, 3.63) is 23.3 Å². The molecule has 0 atom stereocenters. The van der Waals surface area contributed by atoms with E-state index in [4.69, 9.17) is 14.2 Å². The molecular formula is C21H32N2O4. The van der Waals surface area contributed by atoms with Crippen LogP contribution in [0.4, 0.5) is 0 Å². The predicted molar refractivity (Wildman–Crippen MR) is 104 cm³/mol. The molecule has 1 aromatic rings. The van der Waals surface area contributed by atoms with Crippen LogP contribution < -0.4 is 14.8 Å². The van der Waals surface area contributed by atoms with Gasteiger partial charge in [-0.3, -0.25) is 4.79 Å². The molecule has 0 radical (unpaired) electrons. The van der Waals surface area contributed by atoms with Crippen LogP contribution in [0.5, 0.6) is 11.5 Å². The molecule has 1 N–H and O–H groups in total. The summed E-state index contributed by atoms with van der Waals surface area (Å²) in [4.78, 5) is 15.4. The van der Waals surface area contributed by atoms with E-state index in [0.717, 1.165) is 56.0 Å². The van der Waals surface area contributed by atoms with Gasteiger partial charge >= 0.3 is 0 Å². The zero-order chi connectivity index (χ0) is 19.3. The molecular weight excluding hydrogens is 344 g/mol. The van der Waals surface area contributed by atoms with E-state index in [2.05, 4.69) is 17.4 Å². The van der Waals surface area contributed by atoms with E-state index < -0.39 is 5.41 Å². The lowest BCUT2D eigenvalue weighted by atomic mass is 9.77. The lowest BCUT2D eigenvalue weighted by Gasteiger charge is -2.41. The number of fused-ring (bicyclic) bond motifs is 1. The number of nitrogens with one attached hydrogen (secondary N) is 1. The molecule has 0 spiro atoms. The van der Waals surface area contributed by atoms with Gasteiger partial charge in [0.2, 0.25) is 5.91 Å². The normalized spacial score (nSPS) is 18.7. The van der Waals surface area contributed by atoms with Crippen molar-refractivity contribution in [1.29, 1.82) is 0 Å². The summed E-state index contributed by atoms with van der Waals surface area (Å²) < 4.78 is 17.0. The number of nitrogens with zero attached hydrogens (tertiary/aromatic N) is 1. The van der Waals surface area contributed by atoms with E-state index in [1.807, 2.05) is 18.7 Å². The molecule has 1 fully saturated rings. The van der Waals surface area contributed by atoms with E-state index in [0.29, 0.717) is 26.4 Å². The highest BCUT2D eigenvalue weighted by Gasteiger charge is 2.42. The Kier molecular flexibility index (Phi) is 6.60. The van der Waals surface area contributed by atoms with Crippen molar-refractivity contribution >= 4 is 5.91 Å². The van der Waals surface area contributed by atoms with Crippen molar-refractivity contribution in [3.8, 4) is 11.5 Å². The van der Waals surface area contributed by atoms with Gasteiger partial charge < -0.3 is 24.4 Å². The minimum Gasteiger partial charge on any atom is -0.490 e. The number of piperidine rings is 1. The van der Waals surface area contributed by atoms with Crippen LogP contribution in [0.3, 0.4) is 0 Å². The number of hydrogen-bond donors (Lipinski definition) is 1. The summed E-state index contributed by atoms with van der Waals surface area (Å²) in [5.41, 5.74) is 2.01. The molecule has 0 unspecified atom stereocenters. The average molecular weight is 376 g/mol. The molecule has 0 bridgehead atoms. The lowest BCUT2D eigenvalue weighted by molar-refractivity contribution is -0.148. The number of hydrogen-bond acceptors (Lipinski definition) is 5. The number of carbonyl (C=O) groups is 1. The van der Waals surface area contributed by atoms with E-state index in [9.17, 15) is 4.79 Å². The summed E-state index contributed by atoms with van der Waals surface area (Å²) in [6.45, 7) is 8.73. The summed E-state index contributed by atoms with van der Waals surface area (Å²) in [5, 5.41) is 3.35. The molecule has 0 aromatic heterocycles. The van der Waals surface area contributed by atoms with Crippen molar-refractivity contribution < 1.29 is 19.0 Å². The van der Waals surface area contributed by atoms with Crippen molar-refractivity contribution in [2.75, 3.05) is 46.6 Å². The molecule has 2 aliphatic rings. The fraction of sp³-hybridized carbons (Fsp3) is 0.667. The van der Waals surface area contributed by atoms with Gasteiger partial charge in [0.25, 0.3) is 0 Å². The Morgan fingerprint density at radius 3 is 2.33 bits per heavy atom. The summed E-state index contributed by atoms with van der Waals surface area (Å²) in [6, 6.07) is 4.13. The van der Waals surface area contributed by atoms with E-state index in [1.165, 1.54) is 5.56 Å². The number of rotatable bonds is 7. The molecule has 6 nitrogen and oxygen atoms in total. The standard InChI is InChI=1S/C21H32N2O4/c1-4-26-18-12-16-6-11-23(14-17(16)13-19(18)27-5-2)20(24)21(15-25-3)7-9-22-10-8-21/h12-13,22H,4-11,14-15H2,1-3H3. The van der Waals surface area contributed by atoms with E-state index in [1.54, 1.807) is 7.11 Å². The SMILES string of the molecule is CCOc1cc2c(cc1OCC)CN(C(=O)C1(COC)CCNCC1)CC2. The first-order chi connectivity index (χ1) is 13.1. The van der Waals surface area contributed by atoms with Crippen molar-refractivity contribution in [3.63, 3.8) is 0 Å². The minimum absolute atomic E-state index is 0.225. The summed E-state index contributed by atoms with van der Waals surface area (Å²) >= 11 is 0. The van der Waals surface area contributed by atoms with Gasteiger partial charge in [-0.2, -0.15) is 0 Å². The van der Waals surface area contributed by atoms with Gasteiger partial charge in [-0.05, 0) is 69.5 Å². The van der Waals surface area contributed by atoms with Gasteiger partial charge in [0.1, 0.15) is 0 Å². The molecule has 0 saturated carbocycles. The Balaban J connectivity index is 1.82. The fourth-order valence-electron chi connectivity index (χ4n) is 4.21. The highest BCUT2D eigenvalue weighted by atomic mass is 16.5. The average Bonchev–Trinajstić information content (AvgIpc) is 2.69. The third-order valence-electron chi connectivity index (χ3n) is 5.60. The maximum absolute atomic E-state index is 13.4. The molecule has 27 heavy (non-hydrogen) atoms. The summed E-state index contributed by atoms with van der Waals surface area (Å²) in [7, 11) is 1.69. The number of amides is 1. The molecule has 2 heterocycles. The Morgan fingerprint density at radius 2 is 1.74 bits per heavy atom.